The summed E-state index contributed by atoms with van der Waals surface area (Å²) < 4.78 is 0. The summed E-state index contributed by atoms with van der Waals surface area (Å²) in [5.74, 6) is 0. The Labute approximate surface area is 87.7 Å². The van der Waals surface area contributed by atoms with E-state index in [1.165, 1.54) is 0 Å². The lowest BCUT2D eigenvalue weighted by molar-refractivity contribution is 0.816. The average molecular weight is 228 g/mol. The molecular weight excluding hydrogens is 218 g/mol. The van der Waals surface area contributed by atoms with Crippen LogP contribution in [0.1, 0.15) is 5.56 Å². The van der Waals surface area contributed by atoms with E-state index in [9.17, 15) is 0 Å². The van der Waals surface area contributed by atoms with Crippen LogP contribution < -0.4 is 5.32 Å². The maximum Gasteiger partial charge on any atom is 0.129 e. The predicted molar refractivity (Wildman–Crippen MR) is 54.3 cm³/mol. The molecule has 0 saturated carbocycles. The zero-order valence-electron chi connectivity index (χ0n) is 6.47. The van der Waals surface area contributed by atoms with E-state index in [0.717, 1.165) is 5.56 Å². The quantitative estimate of drug-likeness (QED) is 0.786. The second kappa shape index (κ2) is 5.60. The second-order valence-corrected chi connectivity index (χ2v) is 2.92. The molecule has 0 amide bonds. The number of nitrogens with one attached hydrogen (secondary N) is 1. The highest BCUT2D eigenvalue weighted by Gasteiger charge is 1.99. The number of halogens is 3. The first kappa shape index (κ1) is 12.0. The summed E-state index contributed by atoms with van der Waals surface area (Å²) in [5, 5.41) is 4.10. The SMILES string of the molecule is CNCc1cc(Cl)ncc1Cl.Cl. The molecule has 0 aliphatic carbocycles. The van der Waals surface area contributed by atoms with Gasteiger partial charge in [0.2, 0.25) is 0 Å². The van der Waals surface area contributed by atoms with Crippen LogP contribution in [0.5, 0.6) is 0 Å². The van der Waals surface area contributed by atoms with E-state index in [0.29, 0.717) is 16.7 Å². The first-order chi connectivity index (χ1) is 5.24. The molecule has 0 spiro atoms. The van der Waals surface area contributed by atoms with Gasteiger partial charge in [0.1, 0.15) is 5.15 Å². The predicted octanol–water partition coefficient (Wildman–Crippen LogP) is 2.53. The minimum absolute atomic E-state index is 0. The Kier molecular flexibility index (Phi) is 5.59. The molecule has 0 aromatic carbocycles. The number of hydrogen-bond acceptors (Lipinski definition) is 2. The van der Waals surface area contributed by atoms with Gasteiger partial charge in [-0.15, -0.1) is 12.4 Å². The van der Waals surface area contributed by atoms with Crippen LogP contribution in [0.15, 0.2) is 12.3 Å². The minimum Gasteiger partial charge on any atom is -0.316 e. The van der Waals surface area contributed by atoms with E-state index in [4.69, 9.17) is 23.2 Å². The van der Waals surface area contributed by atoms with Gasteiger partial charge in [-0.3, -0.25) is 0 Å². The third-order valence-corrected chi connectivity index (χ3v) is 1.82. The van der Waals surface area contributed by atoms with Crippen LogP contribution in [0.25, 0.3) is 0 Å². The van der Waals surface area contributed by atoms with Gasteiger partial charge in [-0.2, -0.15) is 0 Å². The van der Waals surface area contributed by atoms with Crippen molar-refractivity contribution in [2.24, 2.45) is 0 Å². The number of aromatic nitrogens is 1. The lowest BCUT2D eigenvalue weighted by atomic mass is 10.3. The monoisotopic (exact) mass is 226 g/mol. The van der Waals surface area contributed by atoms with Crippen molar-refractivity contribution in [1.29, 1.82) is 0 Å². The fourth-order valence-electron chi connectivity index (χ4n) is 0.777. The van der Waals surface area contributed by atoms with Crippen LogP contribution in [0.2, 0.25) is 10.2 Å². The molecule has 5 heteroatoms. The molecule has 0 fully saturated rings. The molecule has 1 rings (SSSR count). The summed E-state index contributed by atoms with van der Waals surface area (Å²) >= 11 is 11.5. The number of nitrogens with zero attached hydrogens (tertiary/aromatic N) is 1. The van der Waals surface area contributed by atoms with Crippen molar-refractivity contribution in [2.75, 3.05) is 7.05 Å². The van der Waals surface area contributed by atoms with E-state index in [-0.39, 0.29) is 12.4 Å². The van der Waals surface area contributed by atoms with Gasteiger partial charge >= 0.3 is 0 Å². The van der Waals surface area contributed by atoms with Crippen molar-refractivity contribution in [2.45, 2.75) is 6.54 Å². The molecule has 0 aliphatic rings. The molecule has 0 atom stereocenters. The number of rotatable bonds is 2. The van der Waals surface area contributed by atoms with Crippen molar-refractivity contribution in [3.05, 3.63) is 28.0 Å². The van der Waals surface area contributed by atoms with Crippen molar-refractivity contribution in [3.63, 3.8) is 0 Å². The van der Waals surface area contributed by atoms with Gasteiger partial charge in [-0.1, -0.05) is 23.2 Å². The van der Waals surface area contributed by atoms with E-state index in [2.05, 4.69) is 10.3 Å². The van der Waals surface area contributed by atoms with Crippen molar-refractivity contribution < 1.29 is 0 Å². The molecule has 68 valence electrons. The van der Waals surface area contributed by atoms with Gasteiger partial charge in [0.15, 0.2) is 0 Å². The molecular formula is C7H9Cl3N2. The molecule has 1 N–H and O–H groups in total. The fourth-order valence-corrected chi connectivity index (χ4v) is 1.13. The van der Waals surface area contributed by atoms with E-state index < -0.39 is 0 Å². The van der Waals surface area contributed by atoms with Gasteiger partial charge in [-0.25, -0.2) is 4.98 Å². The summed E-state index contributed by atoms with van der Waals surface area (Å²) in [5.41, 5.74) is 0.967. The molecule has 0 unspecified atom stereocenters. The van der Waals surface area contributed by atoms with Crippen LogP contribution in [-0.2, 0) is 6.54 Å². The molecule has 1 aromatic rings. The lowest BCUT2D eigenvalue weighted by Gasteiger charge is -2.01. The molecule has 2 nitrogen and oxygen atoms in total. The van der Waals surface area contributed by atoms with E-state index in [1.54, 1.807) is 12.3 Å². The summed E-state index contributed by atoms with van der Waals surface area (Å²) in [6.45, 7) is 0.709. The maximum absolute atomic E-state index is 5.81. The van der Waals surface area contributed by atoms with Gasteiger partial charge in [0.05, 0.1) is 5.02 Å². The van der Waals surface area contributed by atoms with Gasteiger partial charge in [0, 0.05) is 12.7 Å². The largest absolute Gasteiger partial charge is 0.316 e. The van der Waals surface area contributed by atoms with Gasteiger partial charge in [0.25, 0.3) is 0 Å². The average Bonchev–Trinajstić information content (AvgIpc) is 1.98. The maximum atomic E-state index is 5.81. The number of pyridine rings is 1. The molecule has 1 heterocycles. The van der Waals surface area contributed by atoms with E-state index >= 15 is 0 Å². The molecule has 0 saturated heterocycles. The van der Waals surface area contributed by atoms with Crippen LogP contribution in [0.3, 0.4) is 0 Å². The normalized spacial score (nSPS) is 9.25. The van der Waals surface area contributed by atoms with Crippen LogP contribution in [0, 0.1) is 0 Å². The van der Waals surface area contributed by atoms with Crippen molar-refractivity contribution in [3.8, 4) is 0 Å². The third kappa shape index (κ3) is 3.15. The highest BCUT2D eigenvalue weighted by atomic mass is 35.5. The topological polar surface area (TPSA) is 24.9 Å². The van der Waals surface area contributed by atoms with Crippen molar-refractivity contribution in [1.82, 2.24) is 10.3 Å². The van der Waals surface area contributed by atoms with E-state index in [1.807, 2.05) is 7.05 Å². The molecule has 1 aromatic heterocycles. The Balaban J connectivity index is 0.00000121. The lowest BCUT2D eigenvalue weighted by Crippen LogP contribution is -2.05. The minimum atomic E-state index is 0. The molecule has 0 aliphatic heterocycles. The standard InChI is InChI=1S/C7H8Cl2N2.ClH/c1-10-3-5-2-7(9)11-4-6(5)8;/h2,4,10H,3H2,1H3;1H. The van der Waals surface area contributed by atoms with Crippen LogP contribution >= 0.6 is 35.6 Å². The summed E-state index contributed by atoms with van der Waals surface area (Å²) in [6, 6.07) is 1.75. The Morgan fingerprint density at radius 3 is 2.75 bits per heavy atom. The first-order valence-corrected chi connectivity index (χ1v) is 3.94. The first-order valence-electron chi connectivity index (χ1n) is 3.18. The molecule has 0 bridgehead atoms. The Morgan fingerprint density at radius 2 is 2.17 bits per heavy atom. The van der Waals surface area contributed by atoms with Crippen molar-refractivity contribution >= 4 is 35.6 Å². The summed E-state index contributed by atoms with van der Waals surface area (Å²) in [7, 11) is 1.85. The van der Waals surface area contributed by atoms with Gasteiger partial charge in [-0.05, 0) is 18.7 Å². The fraction of sp³-hybridized carbons (Fsp3) is 0.286. The van der Waals surface area contributed by atoms with Crippen LogP contribution in [0.4, 0.5) is 0 Å². The Bertz CT molecular complexity index is 252. The zero-order chi connectivity index (χ0) is 8.27. The zero-order valence-corrected chi connectivity index (χ0v) is 8.80. The third-order valence-electron chi connectivity index (χ3n) is 1.27. The smallest absolute Gasteiger partial charge is 0.129 e. The molecule has 12 heavy (non-hydrogen) atoms. The van der Waals surface area contributed by atoms with Gasteiger partial charge < -0.3 is 5.32 Å². The summed E-state index contributed by atoms with van der Waals surface area (Å²) in [6.07, 6.45) is 1.55. The number of hydrogen-bond donors (Lipinski definition) is 1. The highest BCUT2D eigenvalue weighted by molar-refractivity contribution is 6.32. The Hall–Kier alpha value is -0.0200. The summed E-state index contributed by atoms with van der Waals surface area (Å²) in [4.78, 5) is 3.83. The second-order valence-electron chi connectivity index (χ2n) is 2.13. The highest BCUT2D eigenvalue weighted by Crippen LogP contribution is 2.17. The Morgan fingerprint density at radius 1 is 1.50 bits per heavy atom. The van der Waals surface area contributed by atoms with Crippen LogP contribution in [-0.4, -0.2) is 12.0 Å². The molecule has 0 radical (unpaired) electrons.